The van der Waals surface area contributed by atoms with Crippen molar-refractivity contribution in [1.82, 2.24) is 74.8 Å². The molecular weight excluding hydrogens is 1840 g/mol. The zero-order valence-electron chi connectivity index (χ0n) is 59.3. The van der Waals surface area contributed by atoms with Gasteiger partial charge in [-0.05, 0) is 153 Å². The zero-order chi connectivity index (χ0) is 80.2. The molecule has 592 valence electrons. The Morgan fingerprint density at radius 2 is 0.982 bits per heavy atom. The second-order valence-corrected chi connectivity index (χ2v) is 30.3. The van der Waals surface area contributed by atoms with Gasteiger partial charge >= 0.3 is 0 Å². The van der Waals surface area contributed by atoms with E-state index < -0.39 is 0 Å². The van der Waals surface area contributed by atoms with Crippen molar-refractivity contribution in [2.24, 2.45) is 7.05 Å². The van der Waals surface area contributed by atoms with Crippen LogP contribution in [0.25, 0.3) is 65.4 Å². The lowest BCUT2D eigenvalue weighted by Gasteiger charge is -2.11. The van der Waals surface area contributed by atoms with E-state index in [-0.39, 0.29) is 146 Å². The molecule has 0 spiro atoms. The summed E-state index contributed by atoms with van der Waals surface area (Å²) < 4.78 is 4.12. The van der Waals surface area contributed by atoms with Gasteiger partial charge in [0.2, 0.25) is 0 Å². The number of carbonyl (C=O) groups excluding carboxylic acids is 2. The Hall–Kier alpha value is -7.91. The van der Waals surface area contributed by atoms with Crippen LogP contribution in [-0.4, -0.2) is 135 Å². The second kappa shape index (κ2) is 41.1. The van der Waals surface area contributed by atoms with Crippen molar-refractivity contribution in [2.45, 2.75) is 51.7 Å². The van der Waals surface area contributed by atoms with Gasteiger partial charge in [0.05, 0.1) is 100 Å². The van der Waals surface area contributed by atoms with Crippen molar-refractivity contribution in [3.8, 4) is 34.5 Å². The van der Waals surface area contributed by atoms with Crippen LogP contribution >= 0.6 is 175 Å². The lowest BCUT2D eigenvalue weighted by Crippen LogP contribution is -2.26. The summed E-state index contributed by atoms with van der Waals surface area (Å²) in [6, 6.07) is 26.7. The van der Waals surface area contributed by atoms with Crippen LogP contribution in [0.15, 0.2) is 139 Å². The number of imidazole rings is 2. The molecule has 0 aliphatic heterocycles. The maximum absolute atomic E-state index is 12.2. The van der Waals surface area contributed by atoms with E-state index in [9.17, 15) is 45.0 Å². The summed E-state index contributed by atoms with van der Waals surface area (Å²) in [6.45, 7) is 5.09. The predicted molar refractivity (Wildman–Crippen MR) is 464 cm³/mol. The third-order valence-corrected chi connectivity index (χ3v) is 20.5. The number of H-pyrrole nitrogens is 1. The molecule has 1 fully saturated rings. The number of aryl methyl sites for hydroxylation is 1. The van der Waals surface area contributed by atoms with Crippen LogP contribution in [0.3, 0.4) is 0 Å². The molecule has 0 radical (unpaired) electrons. The van der Waals surface area contributed by atoms with E-state index in [0.717, 1.165) is 47.5 Å². The van der Waals surface area contributed by atoms with Crippen molar-refractivity contribution in [1.29, 1.82) is 0 Å². The van der Waals surface area contributed by atoms with Crippen LogP contribution < -0.4 is 21.5 Å². The number of aromatic nitrogens is 11. The molecule has 2 amide bonds. The third-order valence-electron chi connectivity index (χ3n) is 16.3. The van der Waals surface area contributed by atoms with Gasteiger partial charge in [-0.2, -0.15) is 0 Å². The minimum Gasteiger partial charge on any atom is -0.505 e. The number of nitrogens with zero attached hydrogens (tertiary/aromatic N) is 11. The van der Waals surface area contributed by atoms with E-state index >= 15 is 0 Å². The Labute approximate surface area is 725 Å². The molecule has 0 saturated heterocycles. The van der Waals surface area contributed by atoms with Gasteiger partial charge in [0.15, 0.2) is 34.5 Å². The van der Waals surface area contributed by atoms with E-state index in [1.54, 1.807) is 66.0 Å². The first-order valence-electron chi connectivity index (χ1n) is 33.2. The molecule has 1 aliphatic rings. The first-order chi connectivity index (χ1) is 52.9. The Kier molecular flexibility index (Phi) is 32.9. The van der Waals surface area contributed by atoms with Crippen molar-refractivity contribution in [3.63, 3.8) is 0 Å². The number of pyridine rings is 5. The normalized spacial score (nSPS) is 11.4. The van der Waals surface area contributed by atoms with Crippen LogP contribution in [0.2, 0.25) is 55.2 Å². The fraction of sp³-hybridized carbons (Fsp3) is 0.187. The van der Waals surface area contributed by atoms with Crippen LogP contribution in [-0.2, 0) is 33.0 Å². The first kappa shape index (κ1) is 90.6. The Morgan fingerprint density at radius 1 is 0.531 bits per heavy atom. The number of phenols is 6. The fourth-order valence-corrected chi connectivity index (χ4v) is 14.3. The minimum absolute atomic E-state index is 0. The summed E-state index contributed by atoms with van der Waals surface area (Å²) in [6.07, 6.45) is 13.1. The molecular formula is C75H65Cl13IN15O9. The molecule has 14 aromatic rings. The minimum atomic E-state index is -0.345. The van der Waals surface area contributed by atoms with E-state index in [0.29, 0.717) is 106 Å². The molecule has 38 heteroatoms. The predicted octanol–water partition coefficient (Wildman–Crippen LogP) is 19.3. The molecule has 8 aromatic heterocycles. The molecule has 1 saturated carbocycles. The van der Waals surface area contributed by atoms with Crippen molar-refractivity contribution in [3.05, 3.63) is 238 Å². The number of fused-ring (bicyclic) bond motifs is 6. The summed E-state index contributed by atoms with van der Waals surface area (Å²) in [7, 11) is 5.80. The van der Waals surface area contributed by atoms with E-state index in [1.807, 2.05) is 96.7 Å². The maximum atomic E-state index is 12.2. The van der Waals surface area contributed by atoms with Crippen LogP contribution in [0.1, 0.15) is 69.6 Å². The van der Waals surface area contributed by atoms with Crippen LogP contribution in [0, 0.1) is 3.57 Å². The monoisotopic (exact) mass is 1900 g/mol. The number of phenolic OH excluding ortho intramolecular Hbond substituents is 6. The molecule has 0 unspecified atom stereocenters. The summed E-state index contributed by atoms with van der Waals surface area (Å²) in [5.41, 5.74) is 5.64. The number of amides is 2. The molecule has 6 aromatic carbocycles. The van der Waals surface area contributed by atoms with Gasteiger partial charge in [-0.25, -0.2) is 34.9 Å². The number of benzene rings is 6. The summed E-state index contributed by atoms with van der Waals surface area (Å²) >= 11 is 67.5. The number of nitrogens with one attached hydrogen (secondary N) is 4. The number of hydrogen-bond donors (Lipinski definition) is 10. The van der Waals surface area contributed by atoms with Gasteiger partial charge in [0.1, 0.15) is 44.5 Å². The Balaban J connectivity index is 0.000000171. The average molecular weight is 1910 g/mol. The number of halogens is 14. The van der Waals surface area contributed by atoms with E-state index in [2.05, 4.69) is 60.8 Å². The van der Waals surface area contributed by atoms with Gasteiger partial charge < -0.3 is 61.0 Å². The summed E-state index contributed by atoms with van der Waals surface area (Å²) in [4.78, 5) is 74.8. The number of carbonyl (C=O) groups is 2. The van der Waals surface area contributed by atoms with Crippen molar-refractivity contribution in [2.75, 3.05) is 33.7 Å². The number of rotatable bonds is 14. The summed E-state index contributed by atoms with van der Waals surface area (Å²) in [5.74, 6) is -1.13. The summed E-state index contributed by atoms with van der Waals surface area (Å²) in [5, 5.41) is 74.6. The highest BCUT2D eigenvalue weighted by Gasteiger charge is 2.27. The highest BCUT2D eigenvalue weighted by atomic mass is 127. The zero-order valence-corrected chi connectivity index (χ0v) is 71.4. The SMILES string of the molecule is CCNCc1ccc2c(Cl)cc(Cl)c(O)c2n1.CN(C)Cc1ccc2c(Cl)cc(Cl)c(O)c2n1.Cl.Cl.Cn1cnc(CCNC(=O)c2ccc3c(Cl)cc(Cl)c(O)c3n2)c1.O=C(NCCc1cnc[nH]1)c1ccc2c(Cl)cc(Cl)c(O)c2n1.O=c1c2c(Cl)cc(Cl)c(O)c2ncn1C1CC1.Oc1c(I)cc(Cl)c2cccnc12. The third kappa shape index (κ3) is 22.6. The van der Waals surface area contributed by atoms with Gasteiger partial charge in [-0.1, -0.05) is 135 Å². The maximum Gasteiger partial charge on any atom is 0.269 e. The molecule has 8 heterocycles. The molecule has 24 nitrogen and oxygen atoms in total. The van der Waals surface area contributed by atoms with Gasteiger partial charge in [-0.15, -0.1) is 24.8 Å². The molecule has 10 N–H and O–H groups in total. The quantitative estimate of drug-likeness (QED) is 0.0452. The van der Waals surface area contributed by atoms with Crippen molar-refractivity contribution < 1.29 is 40.2 Å². The van der Waals surface area contributed by atoms with Crippen LogP contribution in [0.5, 0.6) is 34.5 Å². The number of hydrogen-bond acceptors (Lipinski definition) is 19. The van der Waals surface area contributed by atoms with Crippen molar-refractivity contribution >= 4 is 252 Å². The smallest absolute Gasteiger partial charge is 0.269 e. The number of aromatic amines is 1. The van der Waals surface area contributed by atoms with E-state index in [4.69, 9.17) is 128 Å². The first-order valence-corrected chi connectivity index (χ1v) is 38.4. The highest BCUT2D eigenvalue weighted by Crippen LogP contribution is 2.42. The highest BCUT2D eigenvalue weighted by molar-refractivity contribution is 14.1. The lowest BCUT2D eigenvalue weighted by atomic mass is 10.2. The molecule has 1 aliphatic carbocycles. The molecule has 0 bridgehead atoms. The van der Waals surface area contributed by atoms with Crippen LogP contribution in [0.4, 0.5) is 0 Å². The van der Waals surface area contributed by atoms with Gasteiger partial charge in [0.25, 0.3) is 17.4 Å². The Morgan fingerprint density at radius 3 is 1.45 bits per heavy atom. The second-order valence-electron chi connectivity index (χ2n) is 24.7. The fourth-order valence-electron chi connectivity index (χ4n) is 10.7. The topological polar surface area (TPSA) is 341 Å². The Bertz CT molecular complexity index is 5890. The lowest BCUT2D eigenvalue weighted by molar-refractivity contribution is 0.0941. The van der Waals surface area contributed by atoms with E-state index in [1.165, 1.54) is 36.7 Å². The largest absolute Gasteiger partial charge is 0.505 e. The molecule has 15 rings (SSSR count). The van der Waals surface area contributed by atoms with Gasteiger partial charge in [-0.3, -0.25) is 23.9 Å². The standard InChI is InChI=1S/C16H14Cl2N4O2.C15H12Cl2N4O2.2C12H12Cl2N2O.C11H8Cl2N2O2.C9H5ClINO.2ClH/c1-22-7-9(20-8-22)4-5-19-16(24)13-3-2-10-11(17)6-12(18)15(23)14(10)21-13;16-10-5-11(17)14(22)13-9(10)1-2-12(21-13)15(23)19-4-3-8-6-18-7-20-8;1-16(2)6-7-3-4-8-9(13)5-10(14)12(17)11(8)15-7;1-2-15-6-7-3-4-8-9(13)5-10(14)12(17)11(8)16-7;12-6-3-7(13)10(16)9-8(6)11(17)15(4-14-9)5-1-2-5;10-6-4-7(11)9(13)8-5(6)2-1-3-12-8;;/h2-3,6-8,23H,4-5H2,1H3,(H,19,24);1-2,5-7,22H,3-4H2,(H,18,20)(H,19,23);3-5,17H,6H2,1-2H3;3-5,15,17H,2,6H2,1H3;3-5,16H,1-2H2;1-4,13H;2*1H. The van der Waals surface area contributed by atoms with Gasteiger partial charge in [0, 0.05) is 103 Å². The number of aromatic hydroxyl groups is 6. The average Bonchev–Trinajstić information content (AvgIpc) is 1.72. The molecule has 0 atom stereocenters. The molecule has 113 heavy (non-hydrogen) atoms.